The topological polar surface area (TPSA) is 40.5 Å². The zero-order valence-corrected chi connectivity index (χ0v) is 21.9. The van der Waals surface area contributed by atoms with Gasteiger partial charge < -0.3 is 10.0 Å². The molecule has 1 saturated heterocycles. The Balaban J connectivity index is 1.33. The maximum atomic E-state index is 11.5. The molecule has 0 radical (unpaired) electrons. The number of aromatic hydroxyl groups is 1. The number of benzene rings is 2. The number of nitrogens with zero attached hydrogens (tertiary/aromatic N) is 1. The van der Waals surface area contributed by atoms with E-state index < -0.39 is 0 Å². The van der Waals surface area contributed by atoms with Crippen molar-refractivity contribution in [2.45, 2.75) is 90.9 Å². The van der Waals surface area contributed by atoms with Crippen molar-refractivity contribution < 1.29 is 9.90 Å². The number of carbonyl (C=O) groups is 1. The van der Waals surface area contributed by atoms with Crippen molar-refractivity contribution >= 4 is 5.78 Å². The van der Waals surface area contributed by atoms with Gasteiger partial charge in [-0.05, 0) is 101 Å². The van der Waals surface area contributed by atoms with Gasteiger partial charge in [-0.25, -0.2) is 0 Å². The number of Topliss-reactive ketones (excluding diaryl/α,β-unsaturated/α-hetero) is 1. The van der Waals surface area contributed by atoms with Crippen LogP contribution in [0.2, 0.25) is 0 Å². The fourth-order valence-electron chi connectivity index (χ4n) is 5.53. The van der Waals surface area contributed by atoms with Gasteiger partial charge in [0.25, 0.3) is 0 Å². The van der Waals surface area contributed by atoms with Crippen LogP contribution >= 0.6 is 0 Å². The number of carbonyl (C=O) groups excluding carboxylic acids is 1. The molecule has 34 heavy (non-hydrogen) atoms. The van der Waals surface area contributed by atoms with Crippen molar-refractivity contribution in [2.24, 2.45) is 5.92 Å². The smallest absolute Gasteiger partial charge is 0.159 e. The minimum atomic E-state index is -0.00456. The van der Waals surface area contributed by atoms with Crippen LogP contribution in [-0.4, -0.2) is 35.4 Å². The Kier molecular flexibility index (Phi) is 10.2. The maximum Gasteiger partial charge on any atom is 0.159 e. The van der Waals surface area contributed by atoms with Crippen LogP contribution in [0.25, 0.3) is 0 Å². The number of aryl methyl sites for hydroxylation is 1. The van der Waals surface area contributed by atoms with Crippen LogP contribution < -0.4 is 0 Å². The predicted molar refractivity (Wildman–Crippen MR) is 143 cm³/mol. The molecule has 1 aliphatic rings. The number of hydrogen-bond acceptors (Lipinski definition) is 3. The molecule has 0 bridgehead atoms. The van der Waals surface area contributed by atoms with Gasteiger partial charge in [0.2, 0.25) is 0 Å². The largest absolute Gasteiger partial charge is 0.508 e. The van der Waals surface area contributed by atoms with E-state index in [4.69, 9.17) is 0 Å². The molecule has 1 heterocycles. The average Bonchev–Trinajstić information content (AvgIpc) is 2.80. The lowest BCUT2D eigenvalue weighted by molar-refractivity contribution is 0.101. The molecule has 1 fully saturated rings. The normalized spacial score (nSPS) is 20.5. The van der Waals surface area contributed by atoms with Crippen LogP contribution in [0.5, 0.6) is 5.75 Å². The van der Waals surface area contributed by atoms with Crippen molar-refractivity contribution in [3.8, 4) is 5.75 Å². The number of hydrogen-bond donors (Lipinski definition) is 1. The van der Waals surface area contributed by atoms with Crippen LogP contribution in [0.1, 0.15) is 111 Å². The Morgan fingerprint density at radius 2 is 1.76 bits per heavy atom. The van der Waals surface area contributed by atoms with Gasteiger partial charge in [0.05, 0.1) is 0 Å². The summed E-state index contributed by atoms with van der Waals surface area (Å²) >= 11 is 0. The van der Waals surface area contributed by atoms with E-state index in [2.05, 4.69) is 49.9 Å². The fourth-order valence-corrected chi connectivity index (χ4v) is 5.53. The summed E-state index contributed by atoms with van der Waals surface area (Å²) in [6, 6.07) is 14.6. The van der Waals surface area contributed by atoms with Crippen LogP contribution in [0.4, 0.5) is 0 Å². The molecule has 3 unspecified atom stereocenters. The van der Waals surface area contributed by atoms with Gasteiger partial charge in [0, 0.05) is 5.56 Å². The SMILES string of the molecule is CC(=O)c1ccc(C(C)CCCCCCN2CCCC(c3ccc(C)cc3)C(C)CC2)c(O)c1. The number of unbranched alkanes of at least 4 members (excludes halogenated alkanes) is 3. The van der Waals surface area contributed by atoms with Crippen molar-refractivity contribution in [2.75, 3.05) is 19.6 Å². The zero-order chi connectivity index (χ0) is 24.5. The number of likely N-dealkylation sites (tertiary alicyclic amines) is 1. The summed E-state index contributed by atoms with van der Waals surface area (Å²) in [4.78, 5) is 14.2. The van der Waals surface area contributed by atoms with Crippen molar-refractivity contribution in [3.63, 3.8) is 0 Å². The molecule has 0 amide bonds. The molecule has 2 aromatic carbocycles. The minimum absolute atomic E-state index is 0.00456. The second-order valence-electron chi connectivity index (χ2n) is 10.7. The van der Waals surface area contributed by atoms with Crippen LogP contribution in [0, 0.1) is 12.8 Å². The summed E-state index contributed by atoms with van der Waals surface area (Å²) in [6.45, 7) is 12.0. The van der Waals surface area contributed by atoms with Crippen LogP contribution in [0.3, 0.4) is 0 Å². The van der Waals surface area contributed by atoms with E-state index in [-0.39, 0.29) is 11.5 Å². The van der Waals surface area contributed by atoms with E-state index in [0.717, 1.165) is 17.9 Å². The summed E-state index contributed by atoms with van der Waals surface area (Å²) in [5.41, 5.74) is 4.43. The average molecular weight is 464 g/mol. The van der Waals surface area contributed by atoms with Gasteiger partial charge >= 0.3 is 0 Å². The van der Waals surface area contributed by atoms with Gasteiger partial charge in [-0.15, -0.1) is 0 Å². The highest BCUT2D eigenvalue weighted by Gasteiger charge is 2.22. The third-order valence-electron chi connectivity index (χ3n) is 7.91. The Labute approximate surface area is 207 Å². The van der Waals surface area contributed by atoms with E-state index in [1.807, 2.05) is 12.1 Å². The summed E-state index contributed by atoms with van der Waals surface area (Å²) in [6.07, 6.45) is 9.96. The predicted octanol–water partition coefficient (Wildman–Crippen LogP) is 7.86. The Morgan fingerprint density at radius 3 is 2.47 bits per heavy atom. The number of ketones is 1. The summed E-state index contributed by atoms with van der Waals surface area (Å²) in [5, 5.41) is 10.3. The first-order valence-corrected chi connectivity index (χ1v) is 13.5. The van der Waals surface area contributed by atoms with Crippen molar-refractivity contribution in [1.29, 1.82) is 0 Å². The molecule has 186 valence electrons. The Bertz CT molecular complexity index is 904. The number of phenols is 1. The third-order valence-corrected chi connectivity index (χ3v) is 7.91. The van der Waals surface area contributed by atoms with Crippen molar-refractivity contribution in [1.82, 2.24) is 4.90 Å². The maximum absolute atomic E-state index is 11.5. The fraction of sp³-hybridized carbons (Fsp3) is 0.581. The van der Waals surface area contributed by atoms with Gasteiger partial charge in [-0.2, -0.15) is 0 Å². The van der Waals surface area contributed by atoms with Gasteiger partial charge in [-0.1, -0.05) is 75.1 Å². The molecule has 1 aliphatic heterocycles. The van der Waals surface area contributed by atoms with Gasteiger partial charge in [0.15, 0.2) is 5.78 Å². The van der Waals surface area contributed by atoms with E-state index in [0.29, 0.717) is 17.4 Å². The molecule has 3 atom stereocenters. The number of rotatable bonds is 10. The summed E-state index contributed by atoms with van der Waals surface area (Å²) in [5.74, 6) is 2.03. The minimum Gasteiger partial charge on any atom is -0.508 e. The van der Waals surface area contributed by atoms with E-state index in [1.165, 1.54) is 82.6 Å². The Hall–Kier alpha value is -2.13. The highest BCUT2D eigenvalue weighted by molar-refractivity contribution is 5.94. The third kappa shape index (κ3) is 7.70. The van der Waals surface area contributed by atoms with Gasteiger partial charge in [-0.3, -0.25) is 4.79 Å². The first-order chi connectivity index (χ1) is 16.3. The molecule has 0 saturated carbocycles. The second kappa shape index (κ2) is 13.1. The molecule has 1 N–H and O–H groups in total. The molecule has 3 nitrogen and oxygen atoms in total. The van der Waals surface area contributed by atoms with E-state index >= 15 is 0 Å². The van der Waals surface area contributed by atoms with Crippen LogP contribution in [-0.2, 0) is 0 Å². The Morgan fingerprint density at radius 1 is 1.03 bits per heavy atom. The molecular weight excluding hydrogens is 418 g/mol. The van der Waals surface area contributed by atoms with Crippen molar-refractivity contribution in [3.05, 3.63) is 64.7 Å². The van der Waals surface area contributed by atoms with E-state index in [9.17, 15) is 9.90 Å². The molecule has 0 aromatic heterocycles. The summed E-state index contributed by atoms with van der Waals surface area (Å²) in [7, 11) is 0. The molecule has 0 spiro atoms. The van der Waals surface area contributed by atoms with Gasteiger partial charge in [0.1, 0.15) is 5.75 Å². The first-order valence-electron chi connectivity index (χ1n) is 13.5. The lowest BCUT2D eigenvalue weighted by atomic mass is 9.80. The van der Waals surface area contributed by atoms with Crippen LogP contribution in [0.15, 0.2) is 42.5 Å². The lowest BCUT2D eigenvalue weighted by Crippen LogP contribution is -2.31. The quantitative estimate of drug-likeness (QED) is 0.288. The second-order valence-corrected chi connectivity index (χ2v) is 10.7. The lowest BCUT2D eigenvalue weighted by Gasteiger charge is -2.32. The molecule has 3 rings (SSSR count). The van der Waals surface area contributed by atoms with E-state index in [1.54, 1.807) is 6.07 Å². The molecular formula is C31H45NO2. The highest BCUT2D eigenvalue weighted by atomic mass is 16.3. The highest BCUT2D eigenvalue weighted by Crippen LogP contribution is 2.34. The monoisotopic (exact) mass is 463 g/mol. The number of phenolic OH excluding ortho intramolecular Hbond substituents is 1. The summed E-state index contributed by atoms with van der Waals surface area (Å²) < 4.78 is 0. The molecule has 2 aromatic rings. The standard InChI is InChI=1S/C31H45NO2/c1-23-12-14-27(15-13-23)29-11-9-20-32(21-18-25(29)3)19-8-6-5-7-10-24(2)30-17-16-28(26(4)33)22-31(30)34/h12-17,22,24-25,29,34H,5-11,18-21H2,1-4H3. The molecule has 3 heteroatoms. The first kappa shape index (κ1) is 26.5. The molecule has 0 aliphatic carbocycles. The zero-order valence-electron chi connectivity index (χ0n) is 21.9.